The van der Waals surface area contributed by atoms with Gasteiger partial charge in [0.05, 0.1) is 0 Å². The molecule has 6 heteroatoms. The van der Waals surface area contributed by atoms with Gasteiger partial charge >= 0.3 is 6.18 Å². The van der Waals surface area contributed by atoms with E-state index in [1.807, 2.05) is 0 Å². The summed E-state index contributed by atoms with van der Waals surface area (Å²) in [6, 6.07) is 0. The minimum Gasteiger partial charge on any atom is -0.169 e. The summed E-state index contributed by atoms with van der Waals surface area (Å²) in [5.41, 5.74) is 0. The smallest absolute Gasteiger partial charge is 0.169 e. The Morgan fingerprint density at radius 3 is 1.60 bits per heavy atom. The Morgan fingerprint density at radius 2 is 1.50 bits per heavy atom. The molecule has 0 spiro atoms. The fraction of sp³-hybridized carbons (Fsp3) is 1.00. The minimum absolute atomic E-state index is 0.478. The van der Waals surface area contributed by atoms with Gasteiger partial charge in [0, 0.05) is 6.42 Å². The van der Waals surface area contributed by atoms with Crippen LogP contribution in [-0.2, 0) is 0 Å². The molecular formula is C4H4Cl3F3. The summed E-state index contributed by atoms with van der Waals surface area (Å²) in [6.07, 6.45) is -4.89. The van der Waals surface area contributed by atoms with Crippen LogP contribution in [0.1, 0.15) is 6.42 Å². The van der Waals surface area contributed by atoms with Crippen LogP contribution in [0.15, 0.2) is 0 Å². The Bertz CT molecular complexity index is 100. The quantitative estimate of drug-likeness (QED) is 0.620. The third-order valence-corrected chi connectivity index (χ3v) is 1.52. The maximum atomic E-state index is 11.6. The lowest BCUT2D eigenvalue weighted by atomic mass is 10.3. The van der Waals surface area contributed by atoms with E-state index < -0.39 is 22.8 Å². The molecule has 0 bridgehead atoms. The highest BCUT2D eigenvalue weighted by molar-refractivity contribution is 6.44. The molecule has 0 saturated heterocycles. The maximum Gasteiger partial charge on any atom is 0.405 e. The first-order valence-corrected chi connectivity index (χ1v) is 3.64. The van der Waals surface area contributed by atoms with Crippen molar-refractivity contribution in [1.82, 2.24) is 0 Å². The van der Waals surface area contributed by atoms with Crippen LogP contribution >= 0.6 is 34.8 Å². The van der Waals surface area contributed by atoms with Gasteiger partial charge in [-0.05, 0) is 0 Å². The predicted molar refractivity (Wildman–Crippen MR) is 35.8 cm³/mol. The summed E-state index contributed by atoms with van der Waals surface area (Å²) in [6.45, 7) is 0. The molecule has 10 heavy (non-hydrogen) atoms. The van der Waals surface area contributed by atoms with Crippen molar-refractivity contribution in [2.45, 2.75) is 22.8 Å². The summed E-state index contributed by atoms with van der Waals surface area (Å²) in [5, 5.41) is -1.95. The van der Waals surface area contributed by atoms with E-state index in [2.05, 4.69) is 0 Å². The molecule has 1 unspecified atom stereocenters. The number of rotatable bonds is 2. The van der Waals surface area contributed by atoms with Gasteiger partial charge in [-0.25, -0.2) is 0 Å². The zero-order valence-electron chi connectivity index (χ0n) is 4.63. The topological polar surface area (TPSA) is 0 Å². The van der Waals surface area contributed by atoms with Crippen molar-refractivity contribution in [3.05, 3.63) is 0 Å². The van der Waals surface area contributed by atoms with Crippen LogP contribution < -0.4 is 0 Å². The van der Waals surface area contributed by atoms with Gasteiger partial charge in [-0.15, -0.1) is 34.8 Å². The molecule has 0 aliphatic heterocycles. The Hall–Kier alpha value is 0.660. The molecule has 0 rings (SSSR count). The maximum absolute atomic E-state index is 11.6. The second-order valence-electron chi connectivity index (χ2n) is 1.64. The standard InChI is InChI=1S/C4H4Cl3F3/c5-2(1-3(6)7)4(8,9)10/h2-3H,1H2. The van der Waals surface area contributed by atoms with Crippen LogP contribution in [-0.4, -0.2) is 16.4 Å². The number of hydrogen-bond acceptors (Lipinski definition) is 0. The van der Waals surface area contributed by atoms with Crippen LogP contribution in [0.25, 0.3) is 0 Å². The summed E-state index contributed by atoms with van der Waals surface area (Å²) >= 11 is 15.0. The Kier molecular flexibility index (Phi) is 4.14. The van der Waals surface area contributed by atoms with Crippen molar-refractivity contribution in [1.29, 1.82) is 0 Å². The molecule has 0 saturated carbocycles. The first-order chi connectivity index (χ1) is 4.34. The third-order valence-electron chi connectivity index (χ3n) is 0.740. The minimum atomic E-state index is -4.41. The van der Waals surface area contributed by atoms with Crippen LogP contribution in [0.3, 0.4) is 0 Å². The van der Waals surface area contributed by atoms with E-state index >= 15 is 0 Å². The van der Waals surface area contributed by atoms with Crippen molar-refractivity contribution in [2.24, 2.45) is 0 Å². The highest BCUT2D eigenvalue weighted by Gasteiger charge is 2.38. The zero-order valence-corrected chi connectivity index (χ0v) is 6.90. The molecular weight excluding hydrogens is 211 g/mol. The Balaban J connectivity index is 3.73. The van der Waals surface area contributed by atoms with Crippen LogP contribution in [0.2, 0.25) is 0 Å². The third kappa shape index (κ3) is 4.47. The lowest BCUT2D eigenvalue weighted by Crippen LogP contribution is -2.24. The first-order valence-electron chi connectivity index (χ1n) is 2.33. The molecule has 0 nitrogen and oxygen atoms in total. The molecule has 0 aromatic rings. The average molecular weight is 215 g/mol. The van der Waals surface area contributed by atoms with E-state index in [-0.39, 0.29) is 0 Å². The second-order valence-corrected chi connectivity index (χ2v) is 3.44. The molecule has 0 aromatic carbocycles. The molecule has 1 atom stereocenters. The molecule has 0 N–H and O–H groups in total. The lowest BCUT2D eigenvalue weighted by Gasteiger charge is -2.12. The summed E-state index contributed by atoms with van der Waals surface area (Å²) < 4.78 is 34.7. The van der Waals surface area contributed by atoms with Crippen molar-refractivity contribution in [2.75, 3.05) is 0 Å². The summed E-state index contributed by atoms with van der Waals surface area (Å²) in [4.78, 5) is -1.07. The van der Waals surface area contributed by atoms with Crippen molar-refractivity contribution >= 4 is 34.8 Å². The average Bonchev–Trinajstić information content (AvgIpc) is 1.60. The zero-order chi connectivity index (χ0) is 8.36. The molecule has 0 heterocycles. The normalized spacial score (nSPS) is 15.9. The fourth-order valence-electron chi connectivity index (χ4n) is 0.290. The molecule has 62 valence electrons. The van der Waals surface area contributed by atoms with E-state index in [1.54, 1.807) is 0 Å². The van der Waals surface area contributed by atoms with Gasteiger partial charge in [0.25, 0.3) is 0 Å². The van der Waals surface area contributed by atoms with Crippen molar-refractivity contribution < 1.29 is 13.2 Å². The highest BCUT2D eigenvalue weighted by Crippen LogP contribution is 2.30. The van der Waals surface area contributed by atoms with Gasteiger partial charge in [-0.3, -0.25) is 0 Å². The summed E-state index contributed by atoms with van der Waals surface area (Å²) in [7, 11) is 0. The Morgan fingerprint density at radius 1 is 1.10 bits per heavy atom. The monoisotopic (exact) mass is 214 g/mol. The molecule has 0 aromatic heterocycles. The summed E-state index contributed by atoms with van der Waals surface area (Å²) in [5.74, 6) is 0. The van der Waals surface area contributed by atoms with Gasteiger partial charge in [0.2, 0.25) is 0 Å². The van der Waals surface area contributed by atoms with Crippen LogP contribution in [0, 0.1) is 0 Å². The predicted octanol–water partition coefficient (Wildman–Crippen LogP) is 3.35. The van der Waals surface area contributed by atoms with Crippen molar-refractivity contribution in [3.63, 3.8) is 0 Å². The van der Waals surface area contributed by atoms with Crippen LogP contribution in [0.4, 0.5) is 13.2 Å². The SMILES string of the molecule is FC(F)(F)C(Cl)CC(Cl)Cl. The van der Waals surface area contributed by atoms with Gasteiger partial charge in [-0.2, -0.15) is 13.2 Å². The van der Waals surface area contributed by atoms with Gasteiger partial charge in [0.1, 0.15) is 10.2 Å². The highest BCUT2D eigenvalue weighted by atomic mass is 35.5. The van der Waals surface area contributed by atoms with Gasteiger partial charge in [0.15, 0.2) is 0 Å². The Labute approximate surface area is 71.2 Å². The van der Waals surface area contributed by atoms with E-state index in [1.165, 1.54) is 0 Å². The van der Waals surface area contributed by atoms with E-state index in [0.717, 1.165) is 0 Å². The van der Waals surface area contributed by atoms with E-state index in [4.69, 9.17) is 34.8 Å². The van der Waals surface area contributed by atoms with E-state index in [9.17, 15) is 13.2 Å². The molecule has 0 fully saturated rings. The number of hydrogen-bond donors (Lipinski definition) is 0. The van der Waals surface area contributed by atoms with Gasteiger partial charge < -0.3 is 0 Å². The van der Waals surface area contributed by atoms with E-state index in [0.29, 0.717) is 0 Å². The van der Waals surface area contributed by atoms with Gasteiger partial charge in [-0.1, -0.05) is 0 Å². The van der Waals surface area contributed by atoms with Crippen LogP contribution in [0.5, 0.6) is 0 Å². The second kappa shape index (κ2) is 3.88. The molecule has 0 aliphatic carbocycles. The first kappa shape index (κ1) is 10.7. The number of halogens is 6. The van der Waals surface area contributed by atoms with Crippen molar-refractivity contribution in [3.8, 4) is 0 Å². The largest absolute Gasteiger partial charge is 0.405 e. The molecule has 0 amide bonds. The fourth-order valence-corrected chi connectivity index (χ4v) is 1.01. The lowest BCUT2D eigenvalue weighted by molar-refractivity contribution is -0.131. The number of alkyl halides is 6. The molecule has 0 radical (unpaired) electrons. The molecule has 0 aliphatic rings.